The molecule has 0 unspecified atom stereocenters. The maximum absolute atomic E-state index is 12.2. The van der Waals surface area contributed by atoms with Gasteiger partial charge in [0, 0.05) is 46.7 Å². The number of aryl methyl sites for hydroxylation is 2. The molecule has 2 aromatic heterocycles. The van der Waals surface area contributed by atoms with Gasteiger partial charge in [0.2, 0.25) is 0 Å². The Morgan fingerprint density at radius 2 is 1.25 bits per heavy atom. The van der Waals surface area contributed by atoms with Crippen molar-refractivity contribution in [2.45, 2.75) is 92.3 Å². The molecule has 0 bridgehead atoms. The molecule has 0 saturated heterocycles. The van der Waals surface area contributed by atoms with Crippen LogP contribution >= 0.6 is 0 Å². The molecule has 0 amide bonds. The van der Waals surface area contributed by atoms with Crippen molar-refractivity contribution in [3.8, 4) is 67.5 Å². The number of hydrogen-bond donors (Lipinski definition) is 1. The van der Waals surface area contributed by atoms with Gasteiger partial charge in [-0.3, -0.25) is 9.55 Å². The van der Waals surface area contributed by atoms with E-state index in [-0.39, 0.29) is 54.2 Å². The van der Waals surface area contributed by atoms with Crippen LogP contribution in [-0.2, 0) is 37.3 Å². The number of aromatic nitrogens is 3. The normalized spacial score (nSPS) is 14.0. The Hall–Kier alpha value is -5.57. The first-order valence-electron chi connectivity index (χ1n) is 23.5. The third-order valence-electron chi connectivity index (χ3n) is 11.3. The van der Waals surface area contributed by atoms with Gasteiger partial charge in [-0.2, -0.15) is 0 Å². The second-order valence-corrected chi connectivity index (χ2v) is 18.9. The van der Waals surface area contributed by atoms with Crippen LogP contribution in [0.15, 0.2) is 134 Å². The number of hydrogen-bond acceptors (Lipinski definition) is 3. The zero-order valence-corrected chi connectivity index (χ0v) is 38.6. The Kier molecular flexibility index (Phi) is 9.69. The molecule has 4 nitrogen and oxygen atoms in total. The second kappa shape index (κ2) is 16.4. The minimum absolute atomic E-state index is 0. The predicted molar refractivity (Wildman–Crippen MR) is 252 cm³/mol. The van der Waals surface area contributed by atoms with Gasteiger partial charge in [-0.25, -0.2) is 4.98 Å². The maximum Gasteiger partial charge on any atom is 0.148 e. The van der Waals surface area contributed by atoms with Crippen LogP contribution < -0.4 is 0 Å². The fraction of sp³-hybridized carbons (Fsp3) is 0.250. The first-order chi connectivity index (χ1) is 30.8. The Bertz CT molecular complexity index is 3100. The van der Waals surface area contributed by atoms with Gasteiger partial charge in [0.25, 0.3) is 0 Å². The summed E-state index contributed by atoms with van der Waals surface area (Å²) in [7, 11) is 0. The van der Waals surface area contributed by atoms with E-state index in [2.05, 4.69) is 140 Å². The van der Waals surface area contributed by atoms with E-state index in [9.17, 15) is 5.11 Å². The standard InChI is InChI=1S/C56H56N3O.Pt/c1-35-27-36(2)29-39(28-35)38-25-26-57-48(33-38)41-30-40(31-43(32-41)55(6,7)8)44-19-16-22-50-51(44)58-53(45-20-15-21-47(52(45)60)56(9,10)11)59(50)49-24-23-42(54(3,4)5)34-46(49)37-17-13-12-14-18-37;/h12-29,31-34,60H,1-11H3;/q-1;/i1D3,2D3;. The zero-order chi connectivity index (χ0) is 47.7. The number of phenols is 1. The molecule has 0 aliphatic rings. The molecule has 61 heavy (non-hydrogen) atoms. The first kappa shape index (κ1) is 36.1. The number of nitrogens with zero attached hydrogens (tertiary/aromatic N) is 3. The molecule has 2 heterocycles. The van der Waals surface area contributed by atoms with Crippen molar-refractivity contribution >= 4 is 11.0 Å². The Labute approximate surface area is 385 Å². The molecule has 0 radical (unpaired) electrons. The zero-order valence-electron chi connectivity index (χ0n) is 42.3. The average molecular weight is 988 g/mol. The third-order valence-corrected chi connectivity index (χ3v) is 11.3. The van der Waals surface area contributed by atoms with Gasteiger partial charge < -0.3 is 5.11 Å². The Morgan fingerprint density at radius 1 is 0.574 bits per heavy atom. The van der Waals surface area contributed by atoms with Crippen LogP contribution in [0.2, 0.25) is 0 Å². The van der Waals surface area contributed by atoms with E-state index in [1.54, 1.807) is 12.3 Å². The van der Waals surface area contributed by atoms with Crippen LogP contribution in [0.1, 0.15) is 98.4 Å². The van der Waals surface area contributed by atoms with E-state index in [1.165, 1.54) is 23.8 Å². The molecule has 0 atom stereocenters. The number of phenolic OH excluding ortho intramolecular Hbond substituents is 1. The summed E-state index contributed by atoms with van der Waals surface area (Å²) in [5.74, 6) is 0.777. The summed E-state index contributed by atoms with van der Waals surface area (Å²) in [6.07, 6.45) is 1.65. The summed E-state index contributed by atoms with van der Waals surface area (Å²) < 4.78 is 50.8. The molecule has 0 fully saturated rings. The van der Waals surface area contributed by atoms with Crippen LogP contribution in [-0.4, -0.2) is 19.6 Å². The minimum Gasteiger partial charge on any atom is -0.507 e. The Balaban J connectivity index is 0.00000666. The number of benzene rings is 6. The molecule has 312 valence electrons. The van der Waals surface area contributed by atoms with Gasteiger partial charge in [-0.15, -0.1) is 29.3 Å². The molecule has 8 aromatic rings. The number of fused-ring (bicyclic) bond motifs is 1. The largest absolute Gasteiger partial charge is 0.507 e. The molecular formula is C56H56N3OPt-. The van der Waals surface area contributed by atoms with Gasteiger partial charge in [-0.05, 0) is 88.1 Å². The van der Waals surface area contributed by atoms with Gasteiger partial charge in [0.15, 0.2) is 0 Å². The fourth-order valence-electron chi connectivity index (χ4n) is 7.95. The maximum atomic E-state index is 12.2. The van der Waals surface area contributed by atoms with Gasteiger partial charge in [0.1, 0.15) is 11.6 Å². The van der Waals surface area contributed by atoms with E-state index in [1.807, 2.05) is 36.4 Å². The third kappa shape index (κ3) is 8.66. The number of para-hydroxylation sites is 2. The second-order valence-electron chi connectivity index (χ2n) is 18.9. The number of aromatic hydroxyl groups is 1. The van der Waals surface area contributed by atoms with Crippen LogP contribution in [0.25, 0.3) is 72.7 Å². The van der Waals surface area contributed by atoms with Crippen LogP contribution in [0, 0.1) is 19.8 Å². The van der Waals surface area contributed by atoms with Crippen molar-refractivity contribution in [1.29, 1.82) is 0 Å². The molecule has 0 spiro atoms. The number of pyridine rings is 1. The predicted octanol–water partition coefficient (Wildman–Crippen LogP) is 14.8. The van der Waals surface area contributed by atoms with Crippen molar-refractivity contribution in [3.05, 3.63) is 167 Å². The van der Waals surface area contributed by atoms with Crippen LogP contribution in [0.5, 0.6) is 5.75 Å². The van der Waals surface area contributed by atoms with E-state index < -0.39 is 13.7 Å². The SMILES string of the molecule is [2H]C([2H])([2H])c1cc(-c2ccnc(-c3[c-]c(-c4cccc5c4nc(-c4cccc(C(C)(C)C)c4O)n5-c4ccc(C(C)(C)C)cc4-c4ccccc4)cc(C(C)(C)C)c3)c2)cc(C([2H])([2H])[2H])c1.[Pt]. The van der Waals surface area contributed by atoms with Crippen molar-refractivity contribution in [2.24, 2.45) is 0 Å². The quantitative estimate of drug-likeness (QED) is 0.169. The monoisotopic (exact) mass is 987 g/mol. The molecule has 6 aromatic carbocycles. The first-order valence-corrected chi connectivity index (χ1v) is 20.5. The summed E-state index contributed by atoms with van der Waals surface area (Å²) in [4.78, 5) is 10.3. The van der Waals surface area contributed by atoms with Gasteiger partial charge in [-0.1, -0.05) is 169 Å². The fourth-order valence-corrected chi connectivity index (χ4v) is 7.95. The van der Waals surface area contributed by atoms with Crippen LogP contribution in [0.4, 0.5) is 0 Å². The molecule has 0 aliphatic heterocycles. The molecule has 1 N–H and O–H groups in total. The van der Waals surface area contributed by atoms with E-state index in [0.29, 0.717) is 33.8 Å². The molecular weight excluding hydrogens is 926 g/mol. The summed E-state index contributed by atoms with van der Waals surface area (Å²) in [6.45, 7) is 14.4. The molecule has 8 rings (SSSR count). The average Bonchev–Trinajstić information content (AvgIpc) is 3.64. The summed E-state index contributed by atoms with van der Waals surface area (Å²) in [5, 5.41) is 12.2. The summed E-state index contributed by atoms with van der Waals surface area (Å²) >= 11 is 0. The molecule has 0 saturated carbocycles. The smallest absolute Gasteiger partial charge is 0.148 e. The van der Waals surface area contributed by atoms with Crippen molar-refractivity contribution in [2.75, 3.05) is 0 Å². The van der Waals surface area contributed by atoms with E-state index >= 15 is 0 Å². The van der Waals surface area contributed by atoms with Gasteiger partial charge in [0.05, 0.1) is 22.3 Å². The van der Waals surface area contributed by atoms with E-state index in [0.717, 1.165) is 50.1 Å². The number of rotatable bonds is 6. The summed E-state index contributed by atoms with van der Waals surface area (Å²) in [6, 6.07) is 44.9. The Morgan fingerprint density at radius 3 is 1.92 bits per heavy atom. The van der Waals surface area contributed by atoms with Gasteiger partial charge >= 0.3 is 0 Å². The minimum atomic E-state index is -2.50. The van der Waals surface area contributed by atoms with Crippen LogP contribution in [0.3, 0.4) is 0 Å². The molecule has 5 heteroatoms. The number of imidazole rings is 1. The van der Waals surface area contributed by atoms with E-state index in [4.69, 9.17) is 18.2 Å². The van der Waals surface area contributed by atoms with Crippen molar-refractivity contribution in [3.63, 3.8) is 0 Å². The molecule has 0 aliphatic carbocycles. The summed E-state index contributed by atoms with van der Waals surface area (Å²) in [5.41, 5.74) is 11.4. The van der Waals surface area contributed by atoms with Crippen molar-refractivity contribution in [1.82, 2.24) is 14.5 Å². The van der Waals surface area contributed by atoms with Crippen molar-refractivity contribution < 1.29 is 34.4 Å². The topological polar surface area (TPSA) is 50.9 Å².